The maximum atomic E-state index is 12.0. The summed E-state index contributed by atoms with van der Waals surface area (Å²) < 4.78 is 0. The molecule has 2 aromatic rings. The Balaban J connectivity index is 1.63. The van der Waals surface area contributed by atoms with Crippen molar-refractivity contribution in [2.75, 3.05) is 5.32 Å². The van der Waals surface area contributed by atoms with Gasteiger partial charge < -0.3 is 4.84 Å². The Hall–Kier alpha value is -2.28. The van der Waals surface area contributed by atoms with Gasteiger partial charge in [-0.15, -0.1) is 10.2 Å². The number of nitrogens with zero attached hydrogens (tertiary/aromatic N) is 3. The largest absolute Gasteiger partial charge is 0.387 e. The molecule has 0 bridgehead atoms. The third-order valence-corrected chi connectivity index (χ3v) is 3.60. The van der Waals surface area contributed by atoms with E-state index in [1.165, 1.54) is 11.3 Å². The number of amides is 1. The van der Waals surface area contributed by atoms with Crippen LogP contribution in [0.2, 0.25) is 0 Å². The summed E-state index contributed by atoms with van der Waals surface area (Å²) in [5.74, 6) is -0.292. The number of anilines is 1. The number of aromatic nitrogens is 2. The summed E-state index contributed by atoms with van der Waals surface area (Å²) in [5.41, 5.74) is 1.37. The van der Waals surface area contributed by atoms with Crippen LogP contribution >= 0.6 is 11.3 Å². The minimum Gasteiger partial charge on any atom is -0.387 e. The summed E-state index contributed by atoms with van der Waals surface area (Å²) in [6.45, 7) is 1.83. The average molecular weight is 288 g/mol. The number of oxime groups is 1. The molecule has 1 amide bonds. The van der Waals surface area contributed by atoms with E-state index in [1.54, 1.807) is 0 Å². The lowest BCUT2D eigenvalue weighted by molar-refractivity contribution is -0.110. The summed E-state index contributed by atoms with van der Waals surface area (Å²) in [5, 5.41) is 15.5. The van der Waals surface area contributed by atoms with Gasteiger partial charge in [-0.25, -0.2) is 0 Å². The Morgan fingerprint density at radius 3 is 2.85 bits per heavy atom. The summed E-state index contributed by atoms with van der Waals surface area (Å²) in [7, 11) is 0. The molecule has 1 atom stereocenters. The second-order valence-electron chi connectivity index (χ2n) is 4.33. The van der Waals surface area contributed by atoms with Crippen LogP contribution in [0, 0.1) is 6.92 Å². The molecule has 0 saturated heterocycles. The normalized spacial score (nSPS) is 17.4. The number of carbonyl (C=O) groups is 1. The molecule has 3 rings (SSSR count). The fraction of sp³-hybridized carbons (Fsp3) is 0.231. The third-order valence-electron chi connectivity index (χ3n) is 2.85. The van der Waals surface area contributed by atoms with E-state index in [0.29, 0.717) is 17.3 Å². The highest BCUT2D eigenvalue weighted by atomic mass is 32.1. The Labute approximate surface area is 119 Å². The number of hydrogen-bond acceptors (Lipinski definition) is 6. The zero-order valence-electron chi connectivity index (χ0n) is 10.7. The molecule has 6 nitrogen and oxygen atoms in total. The molecule has 20 heavy (non-hydrogen) atoms. The second-order valence-corrected chi connectivity index (χ2v) is 5.51. The summed E-state index contributed by atoms with van der Waals surface area (Å²) >= 11 is 1.32. The minimum absolute atomic E-state index is 0.201. The summed E-state index contributed by atoms with van der Waals surface area (Å²) in [6, 6.07) is 9.70. The van der Waals surface area contributed by atoms with E-state index in [4.69, 9.17) is 4.84 Å². The van der Waals surface area contributed by atoms with Crippen LogP contribution < -0.4 is 5.32 Å². The molecule has 0 radical (unpaired) electrons. The Morgan fingerprint density at radius 2 is 2.15 bits per heavy atom. The van der Waals surface area contributed by atoms with Crippen molar-refractivity contribution in [3.8, 4) is 0 Å². The van der Waals surface area contributed by atoms with Crippen molar-refractivity contribution in [3.63, 3.8) is 0 Å². The summed E-state index contributed by atoms with van der Waals surface area (Å²) in [6.07, 6.45) is 0.251. The third kappa shape index (κ3) is 2.67. The van der Waals surface area contributed by atoms with Crippen LogP contribution in [-0.2, 0) is 9.63 Å². The van der Waals surface area contributed by atoms with Gasteiger partial charge in [0.15, 0.2) is 6.10 Å². The van der Waals surface area contributed by atoms with Crippen molar-refractivity contribution in [1.29, 1.82) is 0 Å². The van der Waals surface area contributed by atoms with Crippen molar-refractivity contribution < 1.29 is 9.63 Å². The standard InChI is InChI=1S/C13H12N4O2S/c1-8-15-16-13(20-8)14-12(18)10-7-11(19-17-10)9-5-3-2-4-6-9/h2-6,11H,7H2,1H3,(H,14,16,18). The molecule has 0 spiro atoms. The van der Waals surface area contributed by atoms with Crippen LogP contribution in [0.4, 0.5) is 5.13 Å². The zero-order chi connectivity index (χ0) is 13.9. The molecule has 1 aliphatic rings. The molecule has 1 aromatic heterocycles. The topological polar surface area (TPSA) is 76.5 Å². The molecule has 0 fully saturated rings. The van der Waals surface area contributed by atoms with Crippen molar-refractivity contribution in [1.82, 2.24) is 10.2 Å². The fourth-order valence-electron chi connectivity index (χ4n) is 1.87. The van der Waals surface area contributed by atoms with Crippen LogP contribution in [0.15, 0.2) is 35.5 Å². The highest BCUT2D eigenvalue weighted by Crippen LogP contribution is 2.27. The molecule has 1 aromatic carbocycles. The van der Waals surface area contributed by atoms with Crippen molar-refractivity contribution in [2.45, 2.75) is 19.4 Å². The minimum atomic E-state index is -0.292. The van der Waals surface area contributed by atoms with Gasteiger partial charge in [0.05, 0.1) is 0 Å². The molecular weight excluding hydrogens is 276 g/mol. The predicted molar refractivity (Wildman–Crippen MR) is 75.6 cm³/mol. The van der Waals surface area contributed by atoms with Gasteiger partial charge in [0.1, 0.15) is 10.7 Å². The molecule has 1 N–H and O–H groups in total. The molecule has 1 aliphatic heterocycles. The van der Waals surface area contributed by atoms with Crippen LogP contribution in [0.1, 0.15) is 23.1 Å². The average Bonchev–Trinajstić information content (AvgIpc) is 3.09. The number of rotatable bonds is 3. The van der Waals surface area contributed by atoms with Gasteiger partial charge in [0, 0.05) is 6.42 Å². The monoisotopic (exact) mass is 288 g/mol. The predicted octanol–water partition coefficient (Wildman–Crippen LogP) is 2.30. The molecule has 7 heteroatoms. The lowest BCUT2D eigenvalue weighted by Crippen LogP contribution is -2.21. The van der Waals surface area contributed by atoms with E-state index in [9.17, 15) is 4.79 Å². The first-order valence-corrected chi connectivity index (χ1v) is 6.93. The molecule has 0 saturated carbocycles. The maximum absolute atomic E-state index is 12.0. The zero-order valence-corrected chi connectivity index (χ0v) is 11.6. The van der Waals surface area contributed by atoms with Crippen molar-refractivity contribution >= 4 is 28.1 Å². The van der Waals surface area contributed by atoms with E-state index in [2.05, 4.69) is 20.7 Å². The van der Waals surface area contributed by atoms with E-state index in [0.717, 1.165) is 10.6 Å². The Bertz CT molecular complexity index is 653. The van der Waals surface area contributed by atoms with Gasteiger partial charge in [-0.3, -0.25) is 10.1 Å². The highest BCUT2D eigenvalue weighted by Gasteiger charge is 2.27. The summed E-state index contributed by atoms with van der Waals surface area (Å²) in [4.78, 5) is 17.3. The Morgan fingerprint density at radius 1 is 1.35 bits per heavy atom. The second kappa shape index (κ2) is 5.38. The van der Waals surface area contributed by atoms with Gasteiger partial charge >= 0.3 is 0 Å². The Kier molecular flexibility index (Phi) is 3.42. The molecule has 102 valence electrons. The first-order valence-electron chi connectivity index (χ1n) is 6.11. The fourth-order valence-corrected chi connectivity index (χ4v) is 2.46. The quantitative estimate of drug-likeness (QED) is 0.940. The number of hydrogen-bond donors (Lipinski definition) is 1. The van der Waals surface area contributed by atoms with Gasteiger partial charge in [-0.05, 0) is 12.5 Å². The van der Waals surface area contributed by atoms with E-state index >= 15 is 0 Å². The molecular formula is C13H12N4O2S. The van der Waals surface area contributed by atoms with E-state index in [-0.39, 0.29) is 12.0 Å². The number of nitrogens with one attached hydrogen (secondary N) is 1. The van der Waals surface area contributed by atoms with Gasteiger partial charge in [-0.1, -0.05) is 46.8 Å². The first kappa shape index (κ1) is 12.7. The highest BCUT2D eigenvalue weighted by molar-refractivity contribution is 7.15. The van der Waals surface area contributed by atoms with Crippen LogP contribution in [0.25, 0.3) is 0 Å². The van der Waals surface area contributed by atoms with Gasteiger partial charge in [0.25, 0.3) is 5.91 Å². The maximum Gasteiger partial charge on any atom is 0.275 e. The van der Waals surface area contributed by atoms with Crippen LogP contribution in [-0.4, -0.2) is 21.8 Å². The molecule has 1 unspecified atom stereocenters. The SMILES string of the molecule is Cc1nnc(NC(=O)C2=NOC(c3ccccc3)C2)s1. The van der Waals surface area contributed by atoms with E-state index in [1.807, 2.05) is 37.3 Å². The number of benzene rings is 1. The number of carbonyl (C=O) groups excluding carboxylic acids is 1. The lowest BCUT2D eigenvalue weighted by Gasteiger charge is -2.07. The smallest absolute Gasteiger partial charge is 0.275 e. The lowest BCUT2D eigenvalue weighted by atomic mass is 10.0. The first-order chi connectivity index (χ1) is 9.72. The van der Waals surface area contributed by atoms with Crippen LogP contribution in [0.5, 0.6) is 0 Å². The van der Waals surface area contributed by atoms with Crippen molar-refractivity contribution in [2.24, 2.45) is 5.16 Å². The molecule has 2 heterocycles. The van der Waals surface area contributed by atoms with Crippen LogP contribution in [0.3, 0.4) is 0 Å². The van der Waals surface area contributed by atoms with Gasteiger partial charge in [0.2, 0.25) is 5.13 Å². The van der Waals surface area contributed by atoms with E-state index < -0.39 is 0 Å². The number of aryl methyl sites for hydroxylation is 1. The van der Waals surface area contributed by atoms with Gasteiger partial charge in [-0.2, -0.15) is 0 Å². The van der Waals surface area contributed by atoms with Crippen molar-refractivity contribution in [3.05, 3.63) is 40.9 Å². The molecule has 0 aliphatic carbocycles.